The quantitative estimate of drug-likeness (QED) is 0.220. The summed E-state index contributed by atoms with van der Waals surface area (Å²) in [4.78, 5) is 0. The van der Waals surface area contributed by atoms with Crippen molar-refractivity contribution in [2.24, 2.45) is 68.5 Å². The van der Waals surface area contributed by atoms with Gasteiger partial charge in [-0.1, -0.05) is 61.8 Å². The molecular weight excluding hydrogens is 524 g/mol. The van der Waals surface area contributed by atoms with Gasteiger partial charge in [0.05, 0.1) is 12.7 Å². The fourth-order valence-corrected chi connectivity index (χ4v) is 14.0. The molecule has 0 aromatic carbocycles. The van der Waals surface area contributed by atoms with Gasteiger partial charge in [-0.2, -0.15) is 0 Å². The molecule has 5 saturated carbocycles. The van der Waals surface area contributed by atoms with Crippen LogP contribution in [0.25, 0.3) is 0 Å². The molecule has 5 N–H and O–H groups in total. The normalized spacial score (nSPS) is 49.9. The van der Waals surface area contributed by atoms with Crippen LogP contribution in [0.4, 0.5) is 0 Å². The average molecular weight is 591 g/mol. The highest BCUT2D eigenvalue weighted by Gasteiger charge is 2.70. The van der Waals surface area contributed by atoms with Gasteiger partial charge < -0.3 is 25.5 Å². The van der Waals surface area contributed by atoms with Crippen LogP contribution in [0.3, 0.4) is 0 Å². The van der Waals surface area contributed by atoms with Crippen LogP contribution in [0.15, 0.2) is 0 Å². The first kappa shape index (κ1) is 33.2. The van der Waals surface area contributed by atoms with E-state index >= 15 is 0 Å². The van der Waals surface area contributed by atoms with Gasteiger partial charge in [0.15, 0.2) is 0 Å². The second-order valence-electron chi connectivity index (χ2n) is 18.2. The topological polar surface area (TPSA) is 101 Å². The SMILES string of the molecule is CCC1CC(C)(C)[C@@H]2CC[C@]3(C)[C@H](CC[C@@H]4[C@@]5(C)CC[C@H](C(C)CC(O)C(O)C(O)C(O)CO)[C@@H]5CC[C@]43C)[C@@]2(C)C1. The third kappa shape index (κ3) is 4.79. The Hall–Kier alpha value is -0.200. The van der Waals surface area contributed by atoms with Crippen LogP contribution in [-0.4, -0.2) is 56.6 Å². The van der Waals surface area contributed by atoms with E-state index in [1.807, 2.05) is 0 Å². The fraction of sp³-hybridized carbons (Fsp3) is 1.00. The molecule has 5 fully saturated rings. The summed E-state index contributed by atoms with van der Waals surface area (Å²) in [6.07, 6.45) is 9.50. The minimum Gasteiger partial charge on any atom is -0.394 e. The van der Waals surface area contributed by atoms with Gasteiger partial charge in [-0.15, -0.1) is 0 Å². The Bertz CT molecular complexity index is 968. The van der Waals surface area contributed by atoms with Crippen LogP contribution in [-0.2, 0) is 0 Å². The summed E-state index contributed by atoms with van der Waals surface area (Å²) in [6, 6.07) is 0. The standard InChI is InChI=1S/C37H66O5/c1-9-23-19-33(3,4)28-14-17-37(8)30(35(28,6)20-23)11-10-29-34(5)15-12-24(25(34)13-16-36(29,37)7)22(2)18-26(39)31(41)32(42)27(40)21-38/h22-32,38-42H,9-21H2,1-8H3/t22?,23?,24-,25+,26?,27?,28+,29-,30-,31?,32?,34+,35+,36-,37-/m1/s1. The first-order chi connectivity index (χ1) is 19.5. The molecule has 0 aromatic heterocycles. The molecule has 42 heavy (non-hydrogen) atoms. The molecule has 0 aromatic rings. The van der Waals surface area contributed by atoms with Crippen LogP contribution < -0.4 is 0 Å². The summed E-state index contributed by atoms with van der Waals surface area (Å²) in [7, 11) is 0. The third-order valence-electron chi connectivity index (χ3n) is 16.0. The summed E-state index contributed by atoms with van der Waals surface area (Å²) < 4.78 is 0. The van der Waals surface area contributed by atoms with Gasteiger partial charge in [-0.05, 0) is 139 Å². The number of hydrogen-bond acceptors (Lipinski definition) is 5. The zero-order valence-corrected chi connectivity index (χ0v) is 28.3. The Morgan fingerprint density at radius 3 is 1.83 bits per heavy atom. The Balaban J connectivity index is 1.35. The fourth-order valence-electron chi connectivity index (χ4n) is 14.0. The molecule has 0 saturated heterocycles. The number of rotatable bonds is 8. The van der Waals surface area contributed by atoms with Crippen molar-refractivity contribution in [1.29, 1.82) is 0 Å². The minimum atomic E-state index is -1.54. The lowest BCUT2D eigenvalue weighted by molar-refractivity contribution is -0.246. The van der Waals surface area contributed by atoms with Crippen LogP contribution >= 0.6 is 0 Å². The van der Waals surface area contributed by atoms with E-state index in [2.05, 4.69) is 55.4 Å². The molecule has 5 aliphatic rings. The van der Waals surface area contributed by atoms with Gasteiger partial charge in [-0.3, -0.25) is 0 Å². The second kappa shape index (κ2) is 11.2. The van der Waals surface area contributed by atoms with Crippen LogP contribution in [0.5, 0.6) is 0 Å². The number of fused-ring (bicyclic) bond motifs is 7. The monoisotopic (exact) mass is 590 g/mol. The predicted molar refractivity (Wildman–Crippen MR) is 169 cm³/mol. The highest BCUT2D eigenvalue weighted by Crippen LogP contribution is 2.78. The molecule has 5 nitrogen and oxygen atoms in total. The molecule has 15 atom stereocenters. The number of hydrogen-bond donors (Lipinski definition) is 5. The van der Waals surface area contributed by atoms with Crippen molar-refractivity contribution >= 4 is 0 Å². The van der Waals surface area contributed by atoms with Gasteiger partial charge >= 0.3 is 0 Å². The molecule has 5 rings (SSSR count). The Morgan fingerprint density at radius 1 is 0.667 bits per heavy atom. The smallest absolute Gasteiger partial charge is 0.110 e. The predicted octanol–water partition coefficient (Wildman–Crippen LogP) is 6.58. The van der Waals surface area contributed by atoms with Crippen molar-refractivity contribution in [3.05, 3.63) is 0 Å². The van der Waals surface area contributed by atoms with Gasteiger partial charge in [0.25, 0.3) is 0 Å². The lowest BCUT2D eigenvalue weighted by atomic mass is 9.31. The first-order valence-corrected chi connectivity index (χ1v) is 17.8. The van der Waals surface area contributed by atoms with E-state index in [1.165, 1.54) is 70.6 Å². The Kier molecular flexibility index (Phi) is 8.88. The summed E-state index contributed by atoms with van der Waals surface area (Å²) >= 11 is 0. The summed E-state index contributed by atoms with van der Waals surface area (Å²) in [6.45, 7) is 20.0. The highest BCUT2D eigenvalue weighted by atomic mass is 16.4. The van der Waals surface area contributed by atoms with Gasteiger partial charge in [0, 0.05) is 0 Å². The largest absolute Gasteiger partial charge is 0.394 e. The van der Waals surface area contributed by atoms with E-state index in [-0.39, 0.29) is 5.92 Å². The molecule has 0 amide bonds. The van der Waals surface area contributed by atoms with E-state index in [9.17, 15) is 20.4 Å². The maximum Gasteiger partial charge on any atom is 0.110 e. The van der Waals surface area contributed by atoms with E-state index in [0.29, 0.717) is 45.3 Å². The van der Waals surface area contributed by atoms with Crippen LogP contribution in [0.1, 0.15) is 132 Å². The Morgan fingerprint density at radius 2 is 1.24 bits per heavy atom. The van der Waals surface area contributed by atoms with Crippen LogP contribution in [0.2, 0.25) is 0 Å². The van der Waals surface area contributed by atoms with E-state index < -0.39 is 31.0 Å². The van der Waals surface area contributed by atoms with Crippen molar-refractivity contribution < 1.29 is 25.5 Å². The first-order valence-electron chi connectivity index (χ1n) is 17.8. The highest BCUT2D eigenvalue weighted by molar-refractivity contribution is 5.19. The molecule has 6 unspecified atom stereocenters. The minimum absolute atomic E-state index is 0.223. The van der Waals surface area contributed by atoms with Crippen molar-refractivity contribution in [1.82, 2.24) is 0 Å². The average Bonchev–Trinajstić information content (AvgIpc) is 3.28. The van der Waals surface area contributed by atoms with E-state index in [1.54, 1.807) is 0 Å². The summed E-state index contributed by atoms with van der Waals surface area (Å²) in [5.41, 5.74) is 1.94. The van der Waals surface area contributed by atoms with Gasteiger partial charge in [-0.25, -0.2) is 0 Å². The van der Waals surface area contributed by atoms with Gasteiger partial charge in [0.1, 0.15) is 18.3 Å². The van der Waals surface area contributed by atoms with E-state index in [4.69, 9.17) is 5.11 Å². The molecule has 5 heteroatoms. The molecule has 0 heterocycles. The summed E-state index contributed by atoms with van der Waals surface area (Å²) in [5.74, 6) is 4.61. The zero-order valence-electron chi connectivity index (χ0n) is 28.3. The van der Waals surface area contributed by atoms with E-state index in [0.717, 1.165) is 23.7 Å². The van der Waals surface area contributed by atoms with Crippen molar-refractivity contribution in [2.45, 2.75) is 157 Å². The molecule has 0 spiro atoms. The maximum absolute atomic E-state index is 10.8. The molecule has 0 radical (unpaired) electrons. The molecule has 244 valence electrons. The van der Waals surface area contributed by atoms with Crippen LogP contribution in [0, 0.1) is 68.5 Å². The lowest BCUT2D eigenvalue weighted by Gasteiger charge is -2.73. The van der Waals surface area contributed by atoms with Crippen molar-refractivity contribution in [3.63, 3.8) is 0 Å². The number of aliphatic hydroxyl groups excluding tert-OH is 5. The molecule has 5 aliphatic carbocycles. The second-order valence-corrected chi connectivity index (χ2v) is 18.2. The Labute approximate surface area is 257 Å². The molecule has 0 aliphatic heterocycles. The van der Waals surface area contributed by atoms with Crippen molar-refractivity contribution in [2.75, 3.05) is 6.61 Å². The van der Waals surface area contributed by atoms with Gasteiger partial charge in [0.2, 0.25) is 0 Å². The zero-order chi connectivity index (χ0) is 31.0. The third-order valence-corrected chi connectivity index (χ3v) is 16.0. The maximum atomic E-state index is 10.8. The summed E-state index contributed by atoms with van der Waals surface area (Å²) in [5, 5.41) is 50.4. The van der Waals surface area contributed by atoms with Crippen molar-refractivity contribution in [3.8, 4) is 0 Å². The number of aliphatic hydroxyl groups is 5. The molecular formula is C37H66O5. The molecule has 0 bridgehead atoms. The lowest BCUT2D eigenvalue weighted by Crippen LogP contribution is -2.66.